The summed E-state index contributed by atoms with van der Waals surface area (Å²) < 4.78 is 4.06. The van der Waals surface area contributed by atoms with Crippen LogP contribution in [0.25, 0.3) is 16.7 Å². The number of aromatic nitrogens is 4. The van der Waals surface area contributed by atoms with E-state index in [9.17, 15) is 19.2 Å². The van der Waals surface area contributed by atoms with Gasteiger partial charge in [-0.05, 0) is 55.2 Å². The van der Waals surface area contributed by atoms with Crippen molar-refractivity contribution in [3.8, 4) is 0 Å². The van der Waals surface area contributed by atoms with Crippen LogP contribution in [-0.2, 0) is 18.4 Å². The molecule has 0 unspecified atom stereocenters. The lowest BCUT2D eigenvalue weighted by atomic mass is 9.95. The second-order valence-corrected chi connectivity index (χ2v) is 10.3. The molecule has 0 spiro atoms. The Bertz CT molecular complexity index is 1670. The SMILES string of the molecule is Cn1c(=O)c2ccc(C(=O)NC3CCCCC3)cc2n2c(=O)n(Cc3ccc(N4CCCC4=O)cc3)nc12. The maximum absolute atomic E-state index is 13.5. The maximum atomic E-state index is 13.5. The van der Waals surface area contributed by atoms with Crippen molar-refractivity contribution in [2.75, 3.05) is 11.4 Å². The van der Waals surface area contributed by atoms with Crippen LogP contribution in [0.1, 0.15) is 60.9 Å². The van der Waals surface area contributed by atoms with Gasteiger partial charge in [-0.15, -0.1) is 5.10 Å². The average molecular weight is 515 g/mol. The third-order valence-corrected chi connectivity index (χ3v) is 7.75. The van der Waals surface area contributed by atoms with E-state index in [0.717, 1.165) is 43.4 Å². The fourth-order valence-corrected chi connectivity index (χ4v) is 5.63. The zero-order valence-electron chi connectivity index (χ0n) is 21.4. The molecule has 1 aliphatic carbocycles. The molecule has 1 saturated carbocycles. The number of fused-ring (bicyclic) bond motifs is 3. The minimum Gasteiger partial charge on any atom is -0.349 e. The molecule has 6 rings (SSSR count). The molecular formula is C28H30N6O4. The molecule has 2 amide bonds. The number of hydrogen-bond donors (Lipinski definition) is 1. The van der Waals surface area contributed by atoms with Crippen LogP contribution < -0.4 is 21.5 Å². The first-order valence-electron chi connectivity index (χ1n) is 13.2. The van der Waals surface area contributed by atoms with Crippen LogP contribution >= 0.6 is 0 Å². The van der Waals surface area contributed by atoms with Gasteiger partial charge in [-0.2, -0.15) is 0 Å². The highest BCUT2D eigenvalue weighted by molar-refractivity contribution is 5.98. The van der Waals surface area contributed by atoms with Crippen LogP contribution in [0.5, 0.6) is 0 Å². The van der Waals surface area contributed by atoms with Crippen LogP contribution in [0.15, 0.2) is 52.1 Å². The van der Waals surface area contributed by atoms with E-state index >= 15 is 0 Å². The summed E-state index contributed by atoms with van der Waals surface area (Å²) in [7, 11) is 1.58. The highest BCUT2D eigenvalue weighted by Gasteiger charge is 2.22. The molecule has 38 heavy (non-hydrogen) atoms. The number of benzene rings is 2. The van der Waals surface area contributed by atoms with Crippen molar-refractivity contribution in [1.82, 2.24) is 24.1 Å². The molecule has 2 aliphatic rings. The van der Waals surface area contributed by atoms with E-state index in [1.54, 1.807) is 30.1 Å². The van der Waals surface area contributed by atoms with E-state index in [0.29, 0.717) is 29.4 Å². The van der Waals surface area contributed by atoms with E-state index in [4.69, 9.17) is 0 Å². The molecule has 10 heteroatoms. The lowest BCUT2D eigenvalue weighted by molar-refractivity contribution is -0.117. The normalized spacial score (nSPS) is 16.6. The van der Waals surface area contributed by atoms with Gasteiger partial charge in [0.25, 0.3) is 11.5 Å². The summed E-state index contributed by atoms with van der Waals surface area (Å²) in [6.45, 7) is 0.915. The van der Waals surface area contributed by atoms with Crippen LogP contribution in [0.3, 0.4) is 0 Å². The van der Waals surface area contributed by atoms with Crippen molar-refractivity contribution in [2.45, 2.75) is 57.5 Å². The number of rotatable bonds is 5. The van der Waals surface area contributed by atoms with Crippen molar-refractivity contribution < 1.29 is 9.59 Å². The molecule has 196 valence electrons. The lowest BCUT2D eigenvalue weighted by Crippen LogP contribution is -2.36. The third-order valence-electron chi connectivity index (χ3n) is 7.75. The highest BCUT2D eigenvalue weighted by Crippen LogP contribution is 2.22. The first-order chi connectivity index (χ1) is 18.4. The molecule has 2 aromatic carbocycles. The number of anilines is 1. The minimum absolute atomic E-state index is 0.119. The summed E-state index contributed by atoms with van der Waals surface area (Å²) in [4.78, 5) is 53.4. The van der Waals surface area contributed by atoms with Gasteiger partial charge < -0.3 is 10.2 Å². The maximum Gasteiger partial charge on any atom is 0.352 e. The number of aryl methyl sites for hydroxylation is 1. The summed E-state index contributed by atoms with van der Waals surface area (Å²) in [6, 6.07) is 12.5. The van der Waals surface area contributed by atoms with Crippen molar-refractivity contribution in [2.24, 2.45) is 7.05 Å². The fourth-order valence-electron chi connectivity index (χ4n) is 5.63. The number of carbonyl (C=O) groups is 2. The van der Waals surface area contributed by atoms with E-state index < -0.39 is 5.69 Å². The van der Waals surface area contributed by atoms with Crippen LogP contribution in [0.4, 0.5) is 5.69 Å². The number of nitrogens with one attached hydrogen (secondary N) is 1. The average Bonchev–Trinajstić information content (AvgIpc) is 3.51. The third kappa shape index (κ3) is 4.19. The van der Waals surface area contributed by atoms with Gasteiger partial charge in [0.2, 0.25) is 11.7 Å². The predicted octanol–water partition coefficient (Wildman–Crippen LogP) is 2.59. The van der Waals surface area contributed by atoms with Gasteiger partial charge in [-0.3, -0.25) is 19.0 Å². The minimum atomic E-state index is -0.399. The van der Waals surface area contributed by atoms with Gasteiger partial charge in [0.1, 0.15) is 0 Å². The Morgan fingerprint density at radius 1 is 1.00 bits per heavy atom. The van der Waals surface area contributed by atoms with Gasteiger partial charge in [0.15, 0.2) is 0 Å². The van der Waals surface area contributed by atoms with Crippen LogP contribution in [-0.4, -0.2) is 43.1 Å². The van der Waals surface area contributed by atoms with Crippen LogP contribution in [0, 0.1) is 0 Å². The highest BCUT2D eigenvalue weighted by atomic mass is 16.2. The molecule has 10 nitrogen and oxygen atoms in total. The smallest absolute Gasteiger partial charge is 0.349 e. The molecule has 2 aromatic heterocycles. The van der Waals surface area contributed by atoms with E-state index in [1.807, 2.05) is 24.3 Å². The van der Waals surface area contributed by atoms with Crippen molar-refractivity contribution >= 4 is 34.2 Å². The lowest BCUT2D eigenvalue weighted by Gasteiger charge is -2.22. The largest absolute Gasteiger partial charge is 0.352 e. The van der Waals surface area contributed by atoms with Gasteiger partial charge in [-0.25, -0.2) is 13.9 Å². The van der Waals surface area contributed by atoms with Crippen molar-refractivity contribution in [3.05, 3.63) is 74.4 Å². The van der Waals surface area contributed by atoms with E-state index in [-0.39, 0.29) is 35.7 Å². The second kappa shape index (κ2) is 9.59. The Hall–Kier alpha value is -4.21. The Morgan fingerprint density at radius 3 is 2.47 bits per heavy atom. The molecule has 1 aliphatic heterocycles. The summed E-state index contributed by atoms with van der Waals surface area (Å²) >= 11 is 0. The Labute approximate surface area is 218 Å². The van der Waals surface area contributed by atoms with Crippen molar-refractivity contribution in [3.63, 3.8) is 0 Å². The number of carbonyl (C=O) groups excluding carboxylic acids is 2. The second-order valence-electron chi connectivity index (χ2n) is 10.3. The zero-order valence-corrected chi connectivity index (χ0v) is 21.4. The molecule has 2 fully saturated rings. The molecule has 0 radical (unpaired) electrons. The number of hydrogen-bond acceptors (Lipinski definition) is 5. The standard InChI is InChI=1S/C28H30N6O4/c1-31-26(37)22-14-11-19(25(36)29-20-6-3-2-4-7-20)16-23(22)34-27(31)30-33(28(34)38)17-18-9-12-21(13-10-18)32-15-5-8-24(32)35/h9-14,16,20H,2-8,15,17H2,1H3,(H,29,36). The molecule has 0 bridgehead atoms. The summed E-state index contributed by atoms with van der Waals surface area (Å²) in [6.07, 6.45) is 6.75. The molecule has 1 N–H and O–H groups in total. The molecule has 4 aromatic rings. The van der Waals surface area contributed by atoms with Gasteiger partial charge in [0.05, 0.1) is 17.4 Å². The molecule has 0 atom stereocenters. The predicted molar refractivity (Wildman–Crippen MR) is 144 cm³/mol. The summed E-state index contributed by atoms with van der Waals surface area (Å²) in [5.41, 5.74) is 1.76. The Kier molecular flexibility index (Phi) is 6.09. The molecule has 1 saturated heterocycles. The van der Waals surface area contributed by atoms with Crippen molar-refractivity contribution in [1.29, 1.82) is 0 Å². The zero-order chi connectivity index (χ0) is 26.4. The Balaban J connectivity index is 1.35. The first kappa shape index (κ1) is 24.1. The first-order valence-corrected chi connectivity index (χ1v) is 13.2. The van der Waals surface area contributed by atoms with Gasteiger partial charge in [0, 0.05) is 37.3 Å². The van der Waals surface area contributed by atoms with Gasteiger partial charge >= 0.3 is 5.69 Å². The fraction of sp³-hybridized carbons (Fsp3) is 0.393. The van der Waals surface area contributed by atoms with Gasteiger partial charge in [-0.1, -0.05) is 31.4 Å². The number of nitrogens with zero attached hydrogens (tertiary/aromatic N) is 5. The van der Waals surface area contributed by atoms with E-state index in [1.165, 1.54) is 20.1 Å². The summed E-state index contributed by atoms with van der Waals surface area (Å²) in [5.74, 6) is 0.121. The Morgan fingerprint density at radius 2 is 1.76 bits per heavy atom. The quantitative estimate of drug-likeness (QED) is 0.440. The van der Waals surface area contributed by atoms with E-state index in [2.05, 4.69) is 10.4 Å². The topological polar surface area (TPSA) is 111 Å². The monoisotopic (exact) mass is 514 g/mol. The van der Waals surface area contributed by atoms with Crippen LogP contribution in [0.2, 0.25) is 0 Å². The molecular weight excluding hydrogens is 484 g/mol. The summed E-state index contributed by atoms with van der Waals surface area (Å²) in [5, 5.41) is 7.90. The number of amides is 2. The molecule has 3 heterocycles.